The first-order valence-corrected chi connectivity index (χ1v) is 11.4. The molecule has 3 N–H and O–H groups in total. The van der Waals surface area contributed by atoms with E-state index in [-0.39, 0.29) is 0 Å². The molecule has 0 aliphatic rings. The number of rotatable bonds is 5. The lowest BCUT2D eigenvalue weighted by Crippen LogP contribution is -2.09. The van der Waals surface area contributed by atoms with Crippen LogP contribution < -0.4 is 10.0 Å². The van der Waals surface area contributed by atoms with Crippen molar-refractivity contribution in [3.63, 3.8) is 0 Å². The first-order valence-electron chi connectivity index (χ1n) is 9.48. The predicted octanol–water partition coefficient (Wildman–Crippen LogP) is 4.29. The average Bonchev–Trinajstić information content (AvgIpc) is 3.21. The van der Waals surface area contributed by atoms with Crippen molar-refractivity contribution in [2.45, 2.75) is 0 Å². The van der Waals surface area contributed by atoms with Gasteiger partial charge in [-0.2, -0.15) is 5.10 Å². The van der Waals surface area contributed by atoms with Gasteiger partial charge in [-0.3, -0.25) is 9.82 Å². The van der Waals surface area contributed by atoms with Crippen molar-refractivity contribution in [2.75, 3.05) is 16.3 Å². The van der Waals surface area contributed by atoms with Gasteiger partial charge in [0.25, 0.3) is 0 Å². The van der Waals surface area contributed by atoms with E-state index in [0.717, 1.165) is 44.9 Å². The number of sulfonamides is 1. The molecule has 154 valence electrons. The third-order valence-electron chi connectivity index (χ3n) is 4.80. The Bertz CT molecular complexity index is 1510. The maximum atomic E-state index is 11.3. The lowest BCUT2D eigenvalue weighted by atomic mass is 10.0. The van der Waals surface area contributed by atoms with Crippen LogP contribution in [0.15, 0.2) is 73.1 Å². The van der Waals surface area contributed by atoms with Crippen molar-refractivity contribution in [2.24, 2.45) is 0 Å². The minimum Gasteiger partial charge on any atom is -0.324 e. The van der Waals surface area contributed by atoms with Crippen LogP contribution in [0.25, 0.3) is 32.9 Å². The summed E-state index contributed by atoms with van der Waals surface area (Å²) in [5, 5.41) is 12.2. The Hall–Kier alpha value is -3.98. The molecule has 0 atom stereocenters. The van der Waals surface area contributed by atoms with Gasteiger partial charge in [-0.25, -0.2) is 18.4 Å². The lowest BCUT2D eigenvalue weighted by Gasteiger charge is -2.09. The molecule has 31 heavy (non-hydrogen) atoms. The number of nitrogens with zero attached hydrogens (tertiary/aromatic N) is 3. The second-order valence-electron chi connectivity index (χ2n) is 7.22. The molecule has 5 aromatic rings. The largest absolute Gasteiger partial charge is 0.324 e. The van der Waals surface area contributed by atoms with Crippen LogP contribution in [-0.2, 0) is 10.0 Å². The Morgan fingerprint density at radius 3 is 2.39 bits per heavy atom. The van der Waals surface area contributed by atoms with Gasteiger partial charge in [-0.1, -0.05) is 18.2 Å². The predicted molar refractivity (Wildman–Crippen MR) is 123 cm³/mol. The Morgan fingerprint density at radius 2 is 1.58 bits per heavy atom. The molecule has 0 amide bonds. The highest BCUT2D eigenvalue weighted by molar-refractivity contribution is 7.92. The summed E-state index contributed by atoms with van der Waals surface area (Å²) in [6, 6.07) is 19.1. The molecule has 2 heterocycles. The SMILES string of the molecule is CS(=O)(=O)Nc1ccc(Nc2ncc3ccc(-c4ccc5[nH]ncc5c4)cc3n2)cc1. The molecule has 0 saturated heterocycles. The van der Waals surface area contributed by atoms with Crippen molar-refractivity contribution < 1.29 is 8.42 Å². The molecule has 2 aromatic heterocycles. The van der Waals surface area contributed by atoms with Crippen LogP contribution in [0, 0.1) is 0 Å². The maximum Gasteiger partial charge on any atom is 0.229 e. The zero-order valence-corrected chi connectivity index (χ0v) is 17.3. The minimum atomic E-state index is -3.31. The van der Waals surface area contributed by atoms with Crippen LogP contribution in [0.2, 0.25) is 0 Å². The van der Waals surface area contributed by atoms with Gasteiger partial charge in [0.1, 0.15) is 0 Å². The van der Waals surface area contributed by atoms with Gasteiger partial charge >= 0.3 is 0 Å². The topological polar surface area (TPSA) is 113 Å². The van der Waals surface area contributed by atoms with Crippen LogP contribution in [0.4, 0.5) is 17.3 Å². The number of hydrogen-bond donors (Lipinski definition) is 3. The van der Waals surface area contributed by atoms with E-state index in [1.165, 1.54) is 0 Å². The molecule has 0 bridgehead atoms. The van der Waals surface area contributed by atoms with Gasteiger partial charge in [-0.15, -0.1) is 0 Å². The van der Waals surface area contributed by atoms with E-state index in [2.05, 4.69) is 36.3 Å². The number of H-pyrrole nitrogens is 1. The molecule has 0 aliphatic carbocycles. The monoisotopic (exact) mass is 430 g/mol. The number of anilines is 3. The zero-order valence-electron chi connectivity index (χ0n) is 16.5. The summed E-state index contributed by atoms with van der Waals surface area (Å²) in [7, 11) is -3.31. The molecule has 3 aromatic carbocycles. The number of aromatic nitrogens is 4. The van der Waals surface area contributed by atoms with Gasteiger partial charge in [-0.05, 0) is 53.6 Å². The first kappa shape index (κ1) is 19.0. The smallest absolute Gasteiger partial charge is 0.229 e. The summed E-state index contributed by atoms with van der Waals surface area (Å²) in [6.45, 7) is 0. The van der Waals surface area contributed by atoms with E-state index in [1.54, 1.807) is 36.7 Å². The first-order chi connectivity index (χ1) is 14.9. The highest BCUT2D eigenvalue weighted by Gasteiger charge is 2.06. The molecular weight excluding hydrogens is 412 g/mol. The van der Waals surface area contributed by atoms with E-state index in [1.807, 2.05) is 30.3 Å². The number of benzene rings is 3. The fraction of sp³-hybridized carbons (Fsp3) is 0.0455. The van der Waals surface area contributed by atoms with E-state index >= 15 is 0 Å². The summed E-state index contributed by atoms with van der Waals surface area (Å²) < 4.78 is 25.1. The Labute approximate surface area is 178 Å². The van der Waals surface area contributed by atoms with Crippen molar-refractivity contribution in [1.82, 2.24) is 20.2 Å². The minimum absolute atomic E-state index is 0.457. The van der Waals surface area contributed by atoms with E-state index in [9.17, 15) is 8.42 Å². The van der Waals surface area contributed by atoms with Gasteiger partial charge < -0.3 is 5.32 Å². The van der Waals surface area contributed by atoms with Crippen molar-refractivity contribution in [3.05, 3.63) is 73.1 Å². The normalized spacial score (nSPS) is 11.6. The summed E-state index contributed by atoms with van der Waals surface area (Å²) in [4.78, 5) is 9.01. The van der Waals surface area contributed by atoms with Crippen LogP contribution in [0.3, 0.4) is 0 Å². The van der Waals surface area contributed by atoms with Crippen LogP contribution >= 0.6 is 0 Å². The summed E-state index contributed by atoms with van der Waals surface area (Å²) in [6.07, 6.45) is 4.69. The molecule has 5 rings (SSSR count). The van der Waals surface area contributed by atoms with E-state index < -0.39 is 10.0 Å². The molecule has 0 spiro atoms. The van der Waals surface area contributed by atoms with Crippen molar-refractivity contribution >= 4 is 49.2 Å². The van der Waals surface area contributed by atoms with Crippen LogP contribution in [-0.4, -0.2) is 34.8 Å². The second kappa shape index (κ2) is 7.37. The molecule has 9 heteroatoms. The molecule has 0 saturated carbocycles. The van der Waals surface area contributed by atoms with Crippen LogP contribution in [0.1, 0.15) is 0 Å². The standard InChI is InChI=1S/C22H18N6O2S/c1-31(29,30)28-19-7-5-18(6-8-19)25-22-23-12-16-3-2-15(11-21(16)26-22)14-4-9-20-17(10-14)13-24-27-20/h2-13,28H,1H3,(H,24,27)(H,23,25,26). The third-order valence-corrected chi connectivity index (χ3v) is 5.41. The Balaban J connectivity index is 1.42. The highest BCUT2D eigenvalue weighted by Crippen LogP contribution is 2.27. The number of aromatic amines is 1. The average molecular weight is 430 g/mol. The Morgan fingerprint density at radius 1 is 0.839 bits per heavy atom. The van der Waals surface area contributed by atoms with E-state index in [4.69, 9.17) is 0 Å². The summed E-state index contributed by atoms with van der Waals surface area (Å²) in [5.74, 6) is 0.457. The number of fused-ring (bicyclic) bond motifs is 2. The second-order valence-corrected chi connectivity index (χ2v) is 8.96. The molecule has 0 unspecified atom stereocenters. The molecule has 0 radical (unpaired) electrons. The Kier molecular flexibility index (Phi) is 4.52. The molecule has 0 aliphatic heterocycles. The van der Waals surface area contributed by atoms with Gasteiger partial charge in [0.15, 0.2) is 0 Å². The maximum absolute atomic E-state index is 11.3. The summed E-state index contributed by atoms with van der Waals surface area (Å²) in [5.41, 5.74) is 5.19. The molecule has 0 fully saturated rings. The molecule has 8 nitrogen and oxygen atoms in total. The van der Waals surface area contributed by atoms with Gasteiger partial charge in [0, 0.05) is 28.3 Å². The lowest BCUT2D eigenvalue weighted by molar-refractivity contribution is 0.607. The summed E-state index contributed by atoms with van der Waals surface area (Å²) >= 11 is 0. The quantitative estimate of drug-likeness (QED) is 0.383. The zero-order chi connectivity index (χ0) is 21.4. The van der Waals surface area contributed by atoms with Gasteiger partial charge in [0.2, 0.25) is 16.0 Å². The fourth-order valence-corrected chi connectivity index (χ4v) is 3.91. The third kappa shape index (κ3) is 4.17. The van der Waals surface area contributed by atoms with Gasteiger partial charge in [0.05, 0.1) is 23.5 Å². The highest BCUT2D eigenvalue weighted by atomic mass is 32.2. The van der Waals surface area contributed by atoms with Crippen molar-refractivity contribution in [3.8, 4) is 11.1 Å². The van der Waals surface area contributed by atoms with E-state index in [0.29, 0.717) is 11.6 Å². The van der Waals surface area contributed by atoms with Crippen LogP contribution in [0.5, 0.6) is 0 Å². The van der Waals surface area contributed by atoms with Crippen molar-refractivity contribution in [1.29, 1.82) is 0 Å². The number of hydrogen-bond acceptors (Lipinski definition) is 6. The fourth-order valence-electron chi connectivity index (χ4n) is 3.35. The number of nitrogens with one attached hydrogen (secondary N) is 3. The molecular formula is C22H18N6O2S.